The molecule has 1 aliphatic rings. The SMILES string of the molecule is Cc1ccc(N(N)C(=O)c2[nH]nc3c2CCN(C(=O)OC(C)(C)C)C3)cc1C. The molecule has 2 amide bonds. The Hall–Kier alpha value is -2.87. The Morgan fingerprint density at radius 3 is 2.61 bits per heavy atom. The number of nitrogens with two attached hydrogens (primary N) is 1. The number of carbonyl (C=O) groups is 2. The molecule has 0 unspecified atom stereocenters. The van der Waals surface area contributed by atoms with Crippen molar-refractivity contribution >= 4 is 17.7 Å². The molecule has 1 aliphatic heterocycles. The van der Waals surface area contributed by atoms with Crippen LogP contribution in [0.15, 0.2) is 18.2 Å². The van der Waals surface area contributed by atoms with Crippen LogP contribution in [0.4, 0.5) is 10.5 Å². The third-order valence-corrected chi connectivity index (χ3v) is 4.78. The van der Waals surface area contributed by atoms with Gasteiger partial charge in [-0.2, -0.15) is 5.10 Å². The molecule has 1 aromatic carbocycles. The molecule has 0 spiro atoms. The first-order chi connectivity index (χ1) is 13.1. The zero-order chi connectivity index (χ0) is 20.6. The minimum atomic E-state index is -0.559. The van der Waals surface area contributed by atoms with E-state index < -0.39 is 5.60 Å². The van der Waals surface area contributed by atoms with Gasteiger partial charge in [-0.1, -0.05) is 6.07 Å². The number of H-pyrrole nitrogens is 1. The van der Waals surface area contributed by atoms with Gasteiger partial charge in [0.05, 0.1) is 17.9 Å². The Kier molecular flexibility index (Phi) is 5.16. The number of carbonyl (C=O) groups excluding carboxylic acids is 2. The van der Waals surface area contributed by atoms with Crippen molar-refractivity contribution in [2.24, 2.45) is 5.84 Å². The molecule has 8 heteroatoms. The van der Waals surface area contributed by atoms with Gasteiger partial charge in [0.1, 0.15) is 11.3 Å². The van der Waals surface area contributed by atoms with Crippen molar-refractivity contribution in [3.05, 3.63) is 46.3 Å². The number of anilines is 1. The van der Waals surface area contributed by atoms with Crippen LogP contribution in [0.1, 0.15) is 53.6 Å². The third-order valence-electron chi connectivity index (χ3n) is 4.78. The molecule has 0 radical (unpaired) electrons. The van der Waals surface area contributed by atoms with E-state index in [0.717, 1.165) is 21.7 Å². The van der Waals surface area contributed by atoms with Gasteiger partial charge < -0.3 is 9.64 Å². The van der Waals surface area contributed by atoms with Crippen LogP contribution in [0.25, 0.3) is 0 Å². The number of aryl methyl sites for hydroxylation is 2. The zero-order valence-corrected chi connectivity index (χ0v) is 17.0. The van der Waals surface area contributed by atoms with Crippen LogP contribution in [0.2, 0.25) is 0 Å². The van der Waals surface area contributed by atoms with Crippen molar-refractivity contribution in [2.75, 3.05) is 11.6 Å². The summed E-state index contributed by atoms with van der Waals surface area (Å²) in [5, 5.41) is 8.16. The number of aromatic amines is 1. The van der Waals surface area contributed by atoms with Crippen molar-refractivity contribution < 1.29 is 14.3 Å². The monoisotopic (exact) mass is 385 g/mol. The summed E-state index contributed by atoms with van der Waals surface area (Å²) in [5.74, 6) is 5.72. The Bertz CT molecular complexity index is 913. The first-order valence-corrected chi connectivity index (χ1v) is 9.27. The topological polar surface area (TPSA) is 105 Å². The van der Waals surface area contributed by atoms with Crippen molar-refractivity contribution in [3.8, 4) is 0 Å². The third kappa shape index (κ3) is 4.01. The Balaban J connectivity index is 1.77. The lowest BCUT2D eigenvalue weighted by Crippen LogP contribution is -2.41. The van der Waals surface area contributed by atoms with E-state index in [1.165, 1.54) is 0 Å². The molecule has 0 saturated carbocycles. The first-order valence-electron chi connectivity index (χ1n) is 9.27. The number of nitrogens with one attached hydrogen (secondary N) is 1. The Labute approximate surface area is 164 Å². The van der Waals surface area contributed by atoms with Crippen molar-refractivity contribution in [2.45, 2.75) is 53.2 Å². The van der Waals surface area contributed by atoms with Crippen LogP contribution in [0.5, 0.6) is 0 Å². The Morgan fingerprint density at radius 1 is 1.25 bits per heavy atom. The summed E-state index contributed by atoms with van der Waals surface area (Å²) >= 11 is 0. The number of hydrogen-bond donors (Lipinski definition) is 2. The maximum absolute atomic E-state index is 12.9. The quantitative estimate of drug-likeness (QED) is 0.470. The largest absolute Gasteiger partial charge is 0.444 e. The van der Waals surface area contributed by atoms with Crippen LogP contribution in [0, 0.1) is 13.8 Å². The van der Waals surface area contributed by atoms with E-state index in [1.54, 1.807) is 4.90 Å². The van der Waals surface area contributed by atoms with E-state index in [4.69, 9.17) is 10.6 Å². The number of fused-ring (bicyclic) bond motifs is 1. The number of amides is 2. The lowest BCUT2D eigenvalue weighted by Gasteiger charge is -2.29. The average Bonchev–Trinajstić information content (AvgIpc) is 3.04. The zero-order valence-electron chi connectivity index (χ0n) is 17.0. The molecule has 3 rings (SSSR count). The summed E-state index contributed by atoms with van der Waals surface area (Å²) in [5.41, 5.74) is 4.06. The summed E-state index contributed by atoms with van der Waals surface area (Å²) in [6, 6.07) is 5.62. The van der Waals surface area contributed by atoms with Gasteiger partial charge in [0.15, 0.2) is 0 Å². The van der Waals surface area contributed by atoms with Gasteiger partial charge >= 0.3 is 6.09 Å². The van der Waals surface area contributed by atoms with Crippen molar-refractivity contribution in [1.29, 1.82) is 0 Å². The number of hydrogen-bond acceptors (Lipinski definition) is 5. The highest BCUT2D eigenvalue weighted by atomic mass is 16.6. The fourth-order valence-corrected chi connectivity index (χ4v) is 3.08. The molecule has 0 bridgehead atoms. The van der Waals surface area contributed by atoms with Gasteiger partial charge in [-0.3, -0.25) is 9.89 Å². The highest BCUT2D eigenvalue weighted by molar-refractivity contribution is 6.05. The van der Waals surface area contributed by atoms with E-state index >= 15 is 0 Å². The maximum Gasteiger partial charge on any atom is 0.410 e. The number of nitrogens with zero attached hydrogens (tertiary/aromatic N) is 3. The van der Waals surface area contributed by atoms with Gasteiger partial charge in [-0.25, -0.2) is 15.6 Å². The lowest BCUT2D eigenvalue weighted by atomic mass is 10.0. The van der Waals surface area contributed by atoms with Gasteiger partial charge in [0.2, 0.25) is 0 Å². The second-order valence-corrected chi connectivity index (χ2v) is 8.12. The first kappa shape index (κ1) is 19.9. The molecule has 3 N–H and O–H groups in total. The predicted molar refractivity (Wildman–Crippen MR) is 106 cm³/mol. The lowest BCUT2D eigenvalue weighted by molar-refractivity contribution is 0.0221. The van der Waals surface area contributed by atoms with Crippen LogP contribution >= 0.6 is 0 Å². The number of aromatic nitrogens is 2. The second kappa shape index (κ2) is 7.27. The summed E-state index contributed by atoms with van der Waals surface area (Å²) in [7, 11) is 0. The minimum absolute atomic E-state index is 0.294. The highest BCUT2D eigenvalue weighted by Gasteiger charge is 2.31. The Morgan fingerprint density at radius 2 is 1.96 bits per heavy atom. The van der Waals surface area contributed by atoms with Crippen LogP contribution < -0.4 is 10.9 Å². The molecule has 2 aromatic rings. The van der Waals surface area contributed by atoms with Crippen molar-refractivity contribution in [1.82, 2.24) is 15.1 Å². The molecule has 0 atom stereocenters. The molecule has 8 nitrogen and oxygen atoms in total. The summed E-state index contributed by atoms with van der Waals surface area (Å²) in [4.78, 5) is 26.8. The summed E-state index contributed by atoms with van der Waals surface area (Å²) in [6.07, 6.45) is 0.122. The molecule has 0 fully saturated rings. The second-order valence-electron chi connectivity index (χ2n) is 8.12. The molecule has 1 aromatic heterocycles. The fraction of sp³-hybridized carbons (Fsp3) is 0.450. The number of rotatable bonds is 2. The van der Waals surface area contributed by atoms with Crippen LogP contribution in [-0.4, -0.2) is 39.2 Å². The molecule has 0 aliphatic carbocycles. The van der Waals surface area contributed by atoms with E-state index in [0.29, 0.717) is 36.6 Å². The van der Waals surface area contributed by atoms with E-state index in [9.17, 15) is 9.59 Å². The predicted octanol–water partition coefficient (Wildman–Crippen LogP) is 2.84. The highest BCUT2D eigenvalue weighted by Crippen LogP contribution is 2.24. The van der Waals surface area contributed by atoms with E-state index in [-0.39, 0.29) is 12.0 Å². The van der Waals surface area contributed by atoms with Crippen LogP contribution in [0.3, 0.4) is 0 Å². The minimum Gasteiger partial charge on any atom is -0.444 e. The maximum atomic E-state index is 12.9. The summed E-state index contributed by atoms with van der Waals surface area (Å²) in [6.45, 7) is 10.2. The smallest absolute Gasteiger partial charge is 0.410 e. The molecular weight excluding hydrogens is 358 g/mol. The molecule has 2 heterocycles. The summed E-state index contributed by atoms with van der Waals surface area (Å²) < 4.78 is 5.42. The van der Waals surface area contributed by atoms with Gasteiger partial charge in [0.25, 0.3) is 5.91 Å². The fourth-order valence-electron chi connectivity index (χ4n) is 3.08. The molecular formula is C20H27N5O3. The van der Waals surface area contributed by atoms with Gasteiger partial charge in [0, 0.05) is 12.1 Å². The van der Waals surface area contributed by atoms with Gasteiger partial charge in [-0.05, 0) is 64.3 Å². The number of hydrazine groups is 1. The van der Waals surface area contributed by atoms with Crippen LogP contribution in [-0.2, 0) is 17.7 Å². The molecule has 150 valence electrons. The van der Waals surface area contributed by atoms with E-state index in [2.05, 4.69) is 10.2 Å². The van der Waals surface area contributed by atoms with Crippen molar-refractivity contribution in [3.63, 3.8) is 0 Å². The van der Waals surface area contributed by atoms with E-state index in [1.807, 2.05) is 52.8 Å². The molecule has 0 saturated heterocycles. The molecule has 28 heavy (non-hydrogen) atoms. The average molecular weight is 385 g/mol. The number of benzene rings is 1. The normalized spacial score (nSPS) is 13.9. The number of ether oxygens (including phenoxy) is 1. The van der Waals surface area contributed by atoms with Gasteiger partial charge in [-0.15, -0.1) is 0 Å². The standard InChI is InChI=1S/C20H27N5O3/c1-12-6-7-14(10-13(12)2)25(21)18(26)17-15-8-9-24(11-16(15)22-23-17)19(27)28-20(3,4)5/h6-7,10H,8-9,11,21H2,1-5H3,(H,22,23).